The van der Waals surface area contributed by atoms with Crippen LogP contribution in [0, 0.1) is 0 Å². The number of aromatic amines is 1. The molecule has 0 radical (unpaired) electrons. The molecule has 0 aliphatic heterocycles. The Hall–Kier alpha value is -2.43. The van der Waals surface area contributed by atoms with Crippen molar-refractivity contribution in [2.75, 3.05) is 6.61 Å². The maximum Gasteiger partial charge on any atom is 0.416 e. The number of fused-ring (bicyclic) bond motifs is 1. The Morgan fingerprint density at radius 3 is 2.59 bits per heavy atom. The fourth-order valence-corrected chi connectivity index (χ4v) is 2.21. The van der Waals surface area contributed by atoms with Crippen molar-refractivity contribution in [3.8, 4) is 5.75 Å². The van der Waals surface area contributed by atoms with Crippen LogP contribution in [0.5, 0.6) is 5.75 Å². The fraction of sp³-hybridized carbons (Fsp3) is 0.176. The van der Waals surface area contributed by atoms with Gasteiger partial charge in [0.2, 0.25) is 0 Å². The number of ether oxygens (including phenoxy) is 1. The molecular weight excluding hydrogens is 291 g/mol. The highest BCUT2D eigenvalue weighted by molar-refractivity contribution is 5.79. The molecule has 0 fully saturated rings. The number of hydrogen-bond donors (Lipinski definition) is 1. The topological polar surface area (TPSA) is 25.0 Å². The van der Waals surface area contributed by atoms with Crippen molar-refractivity contribution in [3.63, 3.8) is 0 Å². The highest BCUT2D eigenvalue weighted by Gasteiger charge is 2.29. The van der Waals surface area contributed by atoms with E-state index in [0.29, 0.717) is 24.8 Å². The molecule has 1 N–H and O–H groups in total. The van der Waals surface area contributed by atoms with Crippen molar-refractivity contribution >= 4 is 10.9 Å². The lowest BCUT2D eigenvalue weighted by Crippen LogP contribution is -2.05. The van der Waals surface area contributed by atoms with Gasteiger partial charge in [0.1, 0.15) is 5.75 Å². The van der Waals surface area contributed by atoms with Crippen LogP contribution in [0.4, 0.5) is 13.2 Å². The summed E-state index contributed by atoms with van der Waals surface area (Å²) in [4.78, 5) is 3.00. The van der Waals surface area contributed by atoms with Crippen molar-refractivity contribution in [2.45, 2.75) is 12.6 Å². The van der Waals surface area contributed by atoms with Crippen LogP contribution in [0.25, 0.3) is 10.9 Å². The number of hydrogen-bond acceptors (Lipinski definition) is 1. The van der Waals surface area contributed by atoms with E-state index in [1.54, 1.807) is 6.20 Å². The highest BCUT2D eigenvalue weighted by atomic mass is 19.4. The number of benzene rings is 2. The van der Waals surface area contributed by atoms with E-state index in [9.17, 15) is 13.2 Å². The molecule has 0 saturated heterocycles. The third-order valence-electron chi connectivity index (χ3n) is 3.38. The predicted octanol–water partition coefficient (Wildman–Crippen LogP) is 4.81. The third kappa shape index (κ3) is 3.24. The Balaban J connectivity index is 1.61. The lowest BCUT2D eigenvalue weighted by atomic mass is 10.1. The number of halogens is 3. The van der Waals surface area contributed by atoms with Gasteiger partial charge in [0.15, 0.2) is 0 Å². The van der Waals surface area contributed by atoms with Crippen molar-refractivity contribution in [2.24, 2.45) is 0 Å². The summed E-state index contributed by atoms with van der Waals surface area (Å²) in [6.45, 7) is 0.356. The molecule has 0 saturated carbocycles. The van der Waals surface area contributed by atoms with Gasteiger partial charge in [-0.05, 0) is 53.4 Å². The molecule has 2 nitrogen and oxygen atoms in total. The zero-order valence-corrected chi connectivity index (χ0v) is 11.6. The fourth-order valence-electron chi connectivity index (χ4n) is 2.21. The molecule has 0 aliphatic rings. The van der Waals surface area contributed by atoms with Gasteiger partial charge in [0, 0.05) is 18.1 Å². The van der Waals surface area contributed by atoms with Gasteiger partial charge < -0.3 is 9.72 Å². The van der Waals surface area contributed by atoms with Crippen LogP contribution >= 0.6 is 0 Å². The highest BCUT2D eigenvalue weighted by Crippen LogP contribution is 2.30. The summed E-state index contributed by atoms with van der Waals surface area (Å²) in [5, 5.41) is 0.844. The summed E-state index contributed by atoms with van der Waals surface area (Å²) in [7, 11) is 0. The van der Waals surface area contributed by atoms with E-state index in [0.717, 1.165) is 28.6 Å². The van der Waals surface area contributed by atoms with E-state index in [1.165, 1.54) is 12.1 Å². The molecule has 3 aromatic rings. The van der Waals surface area contributed by atoms with Gasteiger partial charge in [-0.1, -0.05) is 6.07 Å². The minimum atomic E-state index is -4.33. The molecule has 0 amide bonds. The van der Waals surface area contributed by atoms with E-state index >= 15 is 0 Å². The molecule has 22 heavy (non-hydrogen) atoms. The number of H-pyrrole nitrogens is 1. The molecule has 0 atom stereocenters. The largest absolute Gasteiger partial charge is 0.493 e. The molecule has 0 spiro atoms. The lowest BCUT2D eigenvalue weighted by molar-refractivity contribution is -0.137. The summed E-state index contributed by atoms with van der Waals surface area (Å²) >= 11 is 0. The first-order valence-electron chi connectivity index (χ1n) is 7.30. The van der Waals surface area contributed by atoms with Gasteiger partial charge in [-0.2, -0.15) is 13.2 Å². The molecule has 0 bridgehead atoms. The van der Waals surface area contributed by atoms with Gasteiger partial charge in [0.25, 0.3) is 0 Å². The monoisotopic (exact) mass is 306 g/mol. The number of rotatable bonds is 4. The first-order chi connectivity index (χ1) is 10.9. The van der Waals surface area contributed by atoms with E-state index in [-0.39, 0.29) is 0 Å². The zero-order chi connectivity index (χ0) is 16.4. The van der Waals surface area contributed by atoms with Gasteiger partial charge in [-0.15, -0.1) is 0 Å². The second-order valence-electron chi connectivity index (χ2n) is 4.93. The minimum absolute atomic E-state index is 0.356. The first kappa shape index (κ1) is 13.2. The number of nitrogens with one attached hydrogen (secondary N) is 1. The summed E-state index contributed by atoms with van der Waals surface area (Å²) in [5.74, 6) is 0.405. The SMILES string of the molecule is [2H]c1c[nH]c2ccc(CCOc3ccc(C(F)(F)F)cc3)cc12. The summed E-state index contributed by atoms with van der Waals surface area (Å²) in [6.07, 6.45) is -2.09. The van der Waals surface area contributed by atoms with Crippen LogP contribution in [0.2, 0.25) is 0 Å². The Bertz CT molecular complexity index is 809. The molecule has 1 heterocycles. The Labute approximate surface area is 126 Å². The molecule has 5 heteroatoms. The van der Waals surface area contributed by atoms with Gasteiger partial charge >= 0.3 is 6.18 Å². The Kier molecular flexibility index (Phi) is 3.46. The molecule has 3 rings (SSSR count). The second-order valence-corrected chi connectivity index (χ2v) is 4.93. The van der Waals surface area contributed by atoms with Crippen molar-refractivity contribution < 1.29 is 19.3 Å². The Morgan fingerprint density at radius 1 is 1.09 bits per heavy atom. The molecule has 0 aliphatic carbocycles. The zero-order valence-electron chi connectivity index (χ0n) is 12.6. The average molecular weight is 306 g/mol. The Morgan fingerprint density at radius 2 is 1.86 bits per heavy atom. The van der Waals surface area contributed by atoms with Gasteiger partial charge in [0.05, 0.1) is 13.5 Å². The van der Waals surface area contributed by atoms with Crippen molar-refractivity contribution in [1.82, 2.24) is 4.98 Å². The molecule has 114 valence electrons. The van der Waals surface area contributed by atoms with Crippen LogP contribution in [0.15, 0.2) is 54.7 Å². The third-order valence-corrected chi connectivity index (χ3v) is 3.38. The minimum Gasteiger partial charge on any atom is -0.493 e. The van der Waals surface area contributed by atoms with Crippen molar-refractivity contribution in [3.05, 3.63) is 65.8 Å². The average Bonchev–Trinajstić information content (AvgIpc) is 2.88. The van der Waals surface area contributed by atoms with Crippen molar-refractivity contribution in [1.29, 1.82) is 0 Å². The second kappa shape index (κ2) is 5.75. The lowest BCUT2D eigenvalue weighted by Gasteiger charge is -2.09. The van der Waals surface area contributed by atoms with Crippen LogP contribution in [-0.4, -0.2) is 11.6 Å². The first-order valence-corrected chi connectivity index (χ1v) is 6.80. The van der Waals surface area contributed by atoms with Crippen LogP contribution in [-0.2, 0) is 12.6 Å². The quantitative estimate of drug-likeness (QED) is 0.735. The number of alkyl halides is 3. The predicted molar refractivity (Wildman–Crippen MR) is 78.9 cm³/mol. The van der Waals surface area contributed by atoms with E-state index in [2.05, 4.69) is 4.98 Å². The van der Waals surface area contributed by atoms with Crippen LogP contribution in [0.1, 0.15) is 12.5 Å². The molecule has 2 aromatic carbocycles. The molecular formula is C17H14F3NO. The standard InChI is InChI=1S/C17H14F3NO/c18-17(19,20)14-2-4-15(5-3-14)22-10-8-12-1-6-16-13(11-12)7-9-21-16/h1-7,9,11,21H,8,10H2/i7D. The van der Waals surface area contributed by atoms with Crippen LogP contribution < -0.4 is 4.74 Å². The van der Waals surface area contributed by atoms with Gasteiger partial charge in [-0.25, -0.2) is 0 Å². The molecule has 0 unspecified atom stereocenters. The summed E-state index contributed by atoms with van der Waals surface area (Å²) in [6, 6.07) is 10.9. The summed E-state index contributed by atoms with van der Waals surface area (Å²) < 4.78 is 50.7. The van der Waals surface area contributed by atoms with E-state index in [1.807, 2.05) is 18.2 Å². The smallest absolute Gasteiger partial charge is 0.416 e. The van der Waals surface area contributed by atoms with Gasteiger partial charge in [-0.3, -0.25) is 0 Å². The van der Waals surface area contributed by atoms with E-state index in [4.69, 9.17) is 6.11 Å². The number of aromatic nitrogens is 1. The van der Waals surface area contributed by atoms with Crippen LogP contribution in [0.3, 0.4) is 0 Å². The maximum atomic E-state index is 12.5. The van der Waals surface area contributed by atoms with E-state index < -0.39 is 11.7 Å². The summed E-state index contributed by atoms with van der Waals surface area (Å²) in [5.41, 5.74) is 1.23. The normalized spacial score (nSPS) is 12.4. The molecule has 1 aromatic heterocycles. The maximum absolute atomic E-state index is 12.5.